The molecule has 8 nitrogen and oxygen atoms in total. The van der Waals surface area contributed by atoms with Crippen molar-refractivity contribution in [1.82, 2.24) is 0 Å². The Morgan fingerprint density at radius 3 is 2.73 bits per heavy atom. The second-order valence-electron chi connectivity index (χ2n) is 5.87. The van der Waals surface area contributed by atoms with E-state index < -0.39 is 37.3 Å². The highest BCUT2D eigenvalue weighted by molar-refractivity contribution is 5.85. The quantitative estimate of drug-likeness (QED) is 0.450. The van der Waals surface area contributed by atoms with Crippen LogP contribution in [0.15, 0.2) is 11.6 Å². The third-order valence-electron chi connectivity index (χ3n) is 4.38. The molecule has 124 valence electrons. The molecule has 2 fully saturated rings. The van der Waals surface area contributed by atoms with Crippen molar-refractivity contribution >= 4 is 5.97 Å². The number of hydrogen-bond donors (Lipinski definition) is 4. The molecule has 3 aliphatic rings. The second kappa shape index (κ2) is 6.23. The van der Waals surface area contributed by atoms with Crippen molar-refractivity contribution in [3.8, 4) is 0 Å². The van der Waals surface area contributed by atoms with Gasteiger partial charge in [0, 0.05) is 12.5 Å². The van der Waals surface area contributed by atoms with Crippen LogP contribution in [0.3, 0.4) is 0 Å². The molecule has 1 saturated carbocycles. The Balaban J connectivity index is 1.61. The minimum Gasteiger partial charge on any atom is -0.455 e. The van der Waals surface area contributed by atoms with Crippen LogP contribution < -0.4 is 0 Å². The van der Waals surface area contributed by atoms with Crippen LogP contribution in [0.2, 0.25) is 0 Å². The summed E-state index contributed by atoms with van der Waals surface area (Å²) in [5.74, 6) is -0.353. The topological polar surface area (TPSA) is 126 Å². The van der Waals surface area contributed by atoms with E-state index in [-0.39, 0.29) is 18.2 Å². The van der Waals surface area contributed by atoms with Gasteiger partial charge in [-0.15, -0.1) is 0 Å². The molecule has 4 N–H and O–H groups in total. The van der Waals surface area contributed by atoms with Crippen LogP contribution in [0, 0.1) is 0 Å². The zero-order valence-electron chi connectivity index (χ0n) is 11.9. The van der Waals surface area contributed by atoms with E-state index in [4.69, 9.17) is 19.3 Å². The lowest BCUT2D eigenvalue weighted by molar-refractivity contribution is -0.313. The molecule has 1 aliphatic carbocycles. The fourth-order valence-corrected chi connectivity index (χ4v) is 3.10. The van der Waals surface area contributed by atoms with E-state index in [0.29, 0.717) is 19.3 Å². The molecule has 0 bridgehead atoms. The third-order valence-corrected chi connectivity index (χ3v) is 4.38. The number of aliphatic hydroxyl groups excluding tert-OH is 4. The van der Waals surface area contributed by atoms with Crippen LogP contribution >= 0.6 is 0 Å². The van der Waals surface area contributed by atoms with Crippen LogP contribution in [0.1, 0.15) is 19.3 Å². The molecule has 8 heteroatoms. The first-order chi connectivity index (χ1) is 10.5. The highest BCUT2D eigenvalue weighted by Crippen LogP contribution is 2.34. The molecule has 0 radical (unpaired) electrons. The van der Waals surface area contributed by atoms with Crippen molar-refractivity contribution in [3.63, 3.8) is 0 Å². The molecular formula is C14H20O8. The Morgan fingerprint density at radius 1 is 1.23 bits per heavy atom. The highest BCUT2D eigenvalue weighted by atomic mass is 16.7. The first-order valence-electron chi connectivity index (χ1n) is 7.36. The van der Waals surface area contributed by atoms with Gasteiger partial charge in [-0.3, -0.25) is 0 Å². The standard InChI is InChI=1S/C14H20O8/c15-5-9-11(17)12(18)13(19)14(22-9)20-7-2-1-6-3-10(16)21-8(6)4-7/h3,7-9,11-15,17-19H,1-2,4-5H2/t7-,8+,9+,11+,12-,13+,14+/m0/s1. The summed E-state index contributed by atoms with van der Waals surface area (Å²) in [4.78, 5) is 11.2. The number of carbonyl (C=O) groups excluding carboxylic acids is 1. The molecule has 0 aromatic heterocycles. The number of carbonyl (C=O) groups is 1. The predicted molar refractivity (Wildman–Crippen MR) is 70.5 cm³/mol. The van der Waals surface area contributed by atoms with Crippen molar-refractivity contribution in [2.75, 3.05) is 6.61 Å². The molecule has 0 aromatic carbocycles. The molecule has 22 heavy (non-hydrogen) atoms. The average molecular weight is 316 g/mol. The molecular weight excluding hydrogens is 296 g/mol. The maximum atomic E-state index is 11.2. The Bertz CT molecular complexity index is 462. The first kappa shape index (κ1) is 15.9. The second-order valence-corrected chi connectivity index (χ2v) is 5.87. The van der Waals surface area contributed by atoms with Gasteiger partial charge in [-0.25, -0.2) is 4.79 Å². The van der Waals surface area contributed by atoms with Gasteiger partial charge >= 0.3 is 5.97 Å². The van der Waals surface area contributed by atoms with Gasteiger partial charge in [-0.1, -0.05) is 0 Å². The first-order valence-corrected chi connectivity index (χ1v) is 7.36. The number of rotatable bonds is 3. The summed E-state index contributed by atoms with van der Waals surface area (Å²) in [7, 11) is 0. The van der Waals surface area contributed by atoms with Crippen molar-refractivity contribution in [2.24, 2.45) is 0 Å². The van der Waals surface area contributed by atoms with Gasteiger partial charge in [0.2, 0.25) is 0 Å². The Hall–Kier alpha value is -1.03. The zero-order valence-corrected chi connectivity index (χ0v) is 11.9. The number of fused-ring (bicyclic) bond motifs is 1. The Morgan fingerprint density at radius 2 is 2.00 bits per heavy atom. The van der Waals surface area contributed by atoms with Crippen molar-refractivity contribution in [3.05, 3.63) is 11.6 Å². The summed E-state index contributed by atoms with van der Waals surface area (Å²) >= 11 is 0. The molecule has 0 aromatic rings. The Labute approximate surface area is 126 Å². The van der Waals surface area contributed by atoms with Gasteiger partial charge in [0.25, 0.3) is 0 Å². The van der Waals surface area contributed by atoms with E-state index in [2.05, 4.69) is 0 Å². The van der Waals surface area contributed by atoms with E-state index in [1.165, 1.54) is 6.08 Å². The maximum Gasteiger partial charge on any atom is 0.331 e. The molecule has 0 spiro atoms. The number of esters is 1. The summed E-state index contributed by atoms with van der Waals surface area (Å²) in [6.07, 6.45) is -3.81. The fraction of sp³-hybridized carbons (Fsp3) is 0.786. The van der Waals surface area contributed by atoms with Gasteiger partial charge in [-0.2, -0.15) is 0 Å². The molecule has 3 rings (SSSR count). The monoisotopic (exact) mass is 316 g/mol. The normalized spacial score (nSPS) is 45.2. The molecule has 2 heterocycles. The SMILES string of the molecule is O=C1C=C2CC[C@H](O[C@@H]3O[C@H](CO)[C@@H](O)[C@H](O)[C@H]3O)C[C@H]2O1. The number of ether oxygens (including phenoxy) is 3. The van der Waals surface area contributed by atoms with Gasteiger partial charge in [0.15, 0.2) is 6.29 Å². The van der Waals surface area contributed by atoms with Crippen LogP contribution in [0.5, 0.6) is 0 Å². The van der Waals surface area contributed by atoms with Gasteiger partial charge in [-0.05, 0) is 18.4 Å². The van der Waals surface area contributed by atoms with Crippen molar-refractivity contribution < 1.29 is 39.4 Å². The molecule has 1 saturated heterocycles. The average Bonchev–Trinajstić information content (AvgIpc) is 2.87. The minimum atomic E-state index is -1.46. The lowest BCUT2D eigenvalue weighted by Crippen LogP contribution is -2.59. The summed E-state index contributed by atoms with van der Waals surface area (Å²) in [5, 5.41) is 38.5. The smallest absolute Gasteiger partial charge is 0.331 e. The summed E-state index contributed by atoms with van der Waals surface area (Å²) < 4.78 is 16.1. The summed E-state index contributed by atoms with van der Waals surface area (Å²) in [6.45, 7) is -0.497. The van der Waals surface area contributed by atoms with Gasteiger partial charge in [0.1, 0.15) is 30.5 Å². The van der Waals surface area contributed by atoms with Crippen molar-refractivity contribution in [1.29, 1.82) is 0 Å². The maximum absolute atomic E-state index is 11.2. The van der Waals surface area contributed by atoms with Crippen LogP contribution in [0.25, 0.3) is 0 Å². The molecule has 0 unspecified atom stereocenters. The number of aliphatic hydroxyl groups is 4. The highest BCUT2D eigenvalue weighted by Gasteiger charge is 2.45. The third kappa shape index (κ3) is 2.90. The lowest BCUT2D eigenvalue weighted by Gasteiger charge is -2.41. The minimum absolute atomic E-state index is 0.309. The largest absolute Gasteiger partial charge is 0.455 e. The summed E-state index contributed by atoms with van der Waals surface area (Å²) in [6, 6.07) is 0. The zero-order chi connectivity index (χ0) is 15.9. The van der Waals surface area contributed by atoms with Crippen LogP contribution in [-0.2, 0) is 19.0 Å². The molecule has 2 aliphatic heterocycles. The Kier molecular flexibility index (Phi) is 4.49. The lowest BCUT2D eigenvalue weighted by atomic mass is 9.90. The van der Waals surface area contributed by atoms with E-state index >= 15 is 0 Å². The summed E-state index contributed by atoms with van der Waals surface area (Å²) in [5.41, 5.74) is 0.943. The molecule has 0 amide bonds. The van der Waals surface area contributed by atoms with Crippen molar-refractivity contribution in [2.45, 2.75) is 62.2 Å². The van der Waals surface area contributed by atoms with Gasteiger partial charge < -0.3 is 34.6 Å². The van der Waals surface area contributed by atoms with E-state index in [1.54, 1.807) is 0 Å². The van der Waals surface area contributed by atoms with E-state index in [9.17, 15) is 20.1 Å². The van der Waals surface area contributed by atoms with E-state index in [1.807, 2.05) is 0 Å². The van der Waals surface area contributed by atoms with E-state index in [0.717, 1.165) is 5.57 Å². The molecule has 7 atom stereocenters. The van der Waals surface area contributed by atoms with Crippen LogP contribution in [-0.4, -0.2) is 75.9 Å². The van der Waals surface area contributed by atoms with Crippen LogP contribution in [0.4, 0.5) is 0 Å². The fourth-order valence-electron chi connectivity index (χ4n) is 3.10. The number of hydrogen-bond acceptors (Lipinski definition) is 8. The predicted octanol–water partition coefficient (Wildman–Crippen LogP) is -1.79. The van der Waals surface area contributed by atoms with Gasteiger partial charge in [0.05, 0.1) is 12.7 Å².